The molecule has 1 heterocycles. The van der Waals surface area contributed by atoms with Gasteiger partial charge in [-0.2, -0.15) is 0 Å². The van der Waals surface area contributed by atoms with Crippen molar-refractivity contribution >= 4 is 23.3 Å². The molecule has 0 spiro atoms. The SMILES string of the molecule is CCOc1ccc(C(=O)OC(C)C(=O)c2ccc3c(c2)CCN3C(C)=O)cc1OC. The number of benzene rings is 2. The van der Waals surface area contributed by atoms with E-state index >= 15 is 0 Å². The lowest BCUT2D eigenvalue weighted by molar-refractivity contribution is -0.116. The van der Waals surface area contributed by atoms with E-state index in [1.807, 2.05) is 6.92 Å². The van der Waals surface area contributed by atoms with Gasteiger partial charge in [0.15, 0.2) is 17.6 Å². The Morgan fingerprint density at radius 1 is 1.07 bits per heavy atom. The number of fused-ring (bicyclic) bond motifs is 1. The molecule has 2 aromatic rings. The van der Waals surface area contributed by atoms with E-state index < -0.39 is 12.1 Å². The molecule has 1 amide bonds. The maximum atomic E-state index is 12.8. The highest BCUT2D eigenvalue weighted by Gasteiger charge is 2.26. The zero-order valence-electron chi connectivity index (χ0n) is 17.6. The number of carbonyl (C=O) groups is 3. The van der Waals surface area contributed by atoms with Crippen molar-refractivity contribution < 1.29 is 28.6 Å². The Labute approximate surface area is 175 Å². The van der Waals surface area contributed by atoms with Gasteiger partial charge < -0.3 is 19.1 Å². The van der Waals surface area contributed by atoms with Crippen LogP contribution in [0.25, 0.3) is 0 Å². The molecule has 0 radical (unpaired) electrons. The number of rotatable bonds is 7. The average molecular weight is 411 g/mol. The van der Waals surface area contributed by atoms with E-state index in [4.69, 9.17) is 14.2 Å². The van der Waals surface area contributed by atoms with Crippen molar-refractivity contribution in [2.75, 3.05) is 25.2 Å². The summed E-state index contributed by atoms with van der Waals surface area (Å²) >= 11 is 0. The summed E-state index contributed by atoms with van der Waals surface area (Å²) in [6.07, 6.45) is -0.269. The first kappa shape index (κ1) is 21.4. The Morgan fingerprint density at radius 3 is 2.47 bits per heavy atom. The number of hydrogen-bond donors (Lipinski definition) is 0. The average Bonchev–Trinajstić information content (AvgIpc) is 3.17. The van der Waals surface area contributed by atoms with Crippen LogP contribution in [0.4, 0.5) is 5.69 Å². The van der Waals surface area contributed by atoms with Crippen molar-refractivity contribution in [2.24, 2.45) is 0 Å². The van der Waals surface area contributed by atoms with Crippen molar-refractivity contribution in [3.63, 3.8) is 0 Å². The Kier molecular flexibility index (Phi) is 6.40. The van der Waals surface area contributed by atoms with Crippen molar-refractivity contribution in [3.8, 4) is 11.5 Å². The van der Waals surface area contributed by atoms with E-state index in [0.29, 0.717) is 36.6 Å². The number of ether oxygens (including phenoxy) is 3. The Bertz CT molecular complexity index is 984. The van der Waals surface area contributed by atoms with Crippen LogP contribution in [0.5, 0.6) is 11.5 Å². The number of esters is 1. The molecule has 0 N–H and O–H groups in total. The first-order chi connectivity index (χ1) is 14.3. The fourth-order valence-corrected chi connectivity index (χ4v) is 3.47. The molecule has 1 aliphatic heterocycles. The summed E-state index contributed by atoms with van der Waals surface area (Å²) in [7, 11) is 1.49. The second kappa shape index (κ2) is 8.98. The van der Waals surface area contributed by atoms with Crippen LogP contribution < -0.4 is 14.4 Å². The molecule has 1 unspecified atom stereocenters. The first-order valence-electron chi connectivity index (χ1n) is 9.82. The van der Waals surface area contributed by atoms with Crippen molar-refractivity contribution in [1.29, 1.82) is 0 Å². The molecular formula is C23H25NO6. The predicted molar refractivity (Wildman–Crippen MR) is 112 cm³/mol. The van der Waals surface area contributed by atoms with Crippen LogP contribution in [0.15, 0.2) is 36.4 Å². The highest BCUT2D eigenvalue weighted by molar-refractivity contribution is 6.02. The maximum absolute atomic E-state index is 12.8. The molecule has 0 saturated carbocycles. The normalized spacial score (nSPS) is 13.4. The summed E-state index contributed by atoms with van der Waals surface area (Å²) in [5, 5.41) is 0. The van der Waals surface area contributed by atoms with E-state index in [1.165, 1.54) is 20.1 Å². The van der Waals surface area contributed by atoms with Crippen LogP contribution in [-0.2, 0) is 16.0 Å². The highest BCUT2D eigenvalue weighted by atomic mass is 16.5. The molecule has 0 fully saturated rings. The van der Waals surface area contributed by atoms with E-state index in [2.05, 4.69) is 0 Å². The summed E-state index contributed by atoms with van der Waals surface area (Å²) in [6, 6.07) is 9.92. The maximum Gasteiger partial charge on any atom is 0.338 e. The number of hydrogen-bond acceptors (Lipinski definition) is 6. The largest absolute Gasteiger partial charge is 0.493 e. The lowest BCUT2D eigenvalue weighted by atomic mass is 10.0. The quantitative estimate of drug-likeness (QED) is 0.513. The van der Waals surface area contributed by atoms with Gasteiger partial charge in [0.1, 0.15) is 0 Å². The third-order valence-corrected chi connectivity index (χ3v) is 4.99. The molecule has 2 aromatic carbocycles. The van der Waals surface area contributed by atoms with Gasteiger partial charge in [0.25, 0.3) is 0 Å². The minimum Gasteiger partial charge on any atom is -0.493 e. The van der Waals surface area contributed by atoms with E-state index in [-0.39, 0.29) is 17.3 Å². The number of methoxy groups -OCH3 is 1. The van der Waals surface area contributed by atoms with Gasteiger partial charge in [-0.25, -0.2) is 4.79 Å². The van der Waals surface area contributed by atoms with Gasteiger partial charge in [-0.3, -0.25) is 9.59 Å². The van der Waals surface area contributed by atoms with Crippen LogP contribution in [-0.4, -0.2) is 44.0 Å². The monoisotopic (exact) mass is 411 g/mol. The molecule has 30 heavy (non-hydrogen) atoms. The minimum absolute atomic E-state index is 0.0269. The molecular weight excluding hydrogens is 386 g/mol. The second-order valence-electron chi connectivity index (χ2n) is 6.97. The van der Waals surface area contributed by atoms with Crippen LogP contribution in [0.3, 0.4) is 0 Å². The standard InChI is InChI=1S/C23H25NO6/c1-5-29-20-9-7-18(13-21(20)28-4)23(27)30-14(2)22(26)17-6-8-19-16(12-17)10-11-24(19)15(3)25/h6-9,12-14H,5,10-11H2,1-4H3. The molecule has 0 bridgehead atoms. The Hall–Kier alpha value is -3.35. The Morgan fingerprint density at radius 2 is 1.80 bits per heavy atom. The lowest BCUT2D eigenvalue weighted by Gasteiger charge is -2.16. The molecule has 158 valence electrons. The van der Waals surface area contributed by atoms with Gasteiger partial charge >= 0.3 is 5.97 Å². The van der Waals surface area contributed by atoms with Crippen molar-refractivity contribution in [3.05, 3.63) is 53.1 Å². The van der Waals surface area contributed by atoms with Crippen LogP contribution in [0, 0.1) is 0 Å². The summed E-state index contributed by atoms with van der Waals surface area (Å²) in [6.45, 7) is 5.99. The first-order valence-corrected chi connectivity index (χ1v) is 9.82. The molecule has 7 nitrogen and oxygen atoms in total. The summed E-state index contributed by atoms with van der Waals surface area (Å²) in [4.78, 5) is 38.7. The molecule has 1 aliphatic rings. The molecule has 0 aliphatic carbocycles. The molecule has 0 aromatic heterocycles. The van der Waals surface area contributed by atoms with Gasteiger partial charge in [0, 0.05) is 24.7 Å². The lowest BCUT2D eigenvalue weighted by Crippen LogP contribution is -2.26. The van der Waals surface area contributed by atoms with Crippen molar-refractivity contribution in [2.45, 2.75) is 33.3 Å². The van der Waals surface area contributed by atoms with Crippen molar-refractivity contribution in [1.82, 2.24) is 0 Å². The molecule has 7 heteroatoms. The predicted octanol–water partition coefficient (Wildman–Crippen LogP) is 3.43. The van der Waals surface area contributed by atoms with Gasteiger partial charge in [-0.1, -0.05) is 0 Å². The zero-order valence-corrected chi connectivity index (χ0v) is 17.6. The summed E-state index contributed by atoms with van der Waals surface area (Å²) in [5.74, 6) is -0.00954. The van der Waals surface area contributed by atoms with E-state index in [0.717, 1.165) is 11.3 Å². The smallest absolute Gasteiger partial charge is 0.338 e. The molecule has 3 rings (SSSR count). The minimum atomic E-state index is -0.960. The number of ketones is 1. The van der Waals surface area contributed by atoms with E-state index in [9.17, 15) is 14.4 Å². The number of nitrogens with zero attached hydrogens (tertiary/aromatic N) is 1. The van der Waals surface area contributed by atoms with Gasteiger partial charge in [0.05, 0.1) is 19.3 Å². The molecule has 0 saturated heterocycles. The van der Waals surface area contributed by atoms with Gasteiger partial charge in [-0.05, 0) is 62.2 Å². The summed E-state index contributed by atoms with van der Waals surface area (Å²) in [5.41, 5.74) is 2.47. The van der Waals surface area contributed by atoms with Crippen LogP contribution in [0.1, 0.15) is 47.1 Å². The number of amides is 1. The number of Topliss-reactive ketones (excluding diaryl/α,β-unsaturated/α-hetero) is 1. The van der Waals surface area contributed by atoms with Crippen LogP contribution >= 0.6 is 0 Å². The zero-order chi connectivity index (χ0) is 21.8. The Balaban J connectivity index is 1.72. The summed E-state index contributed by atoms with van der Waals surface area (Å²) < 4.78 is 16.1. The highest BCUT2D eigenvalue weighted by Crippen LogP contribution is 2.30. The van der Waals surface area contributed by atoms with E-state index in [1.54, 1.807) is 42.2 Å². The number of carbonyl (C=O) groups excluding carboxylic acids is 3. The fourth-order valence-electron chi connectivity index (χ4n) is 3.47. The third-order valence-electron chi connectivity index (χ3n) is 4.99. The molecule has 1 atom stereocenters. The number of anilines is 1. The topological polar surface area (TPSA) is 82.1 Å². The second-order valence-corrected chi connectivity index (χ2v) is 6.97. The third kappa shape index (κ3) is 4.30. The van der Waals surface area contributed by atoms with Gasteiger partial charge in [-0.15, -0.1) is 0 Å². The van der Waals surface area contributed by atoms with Crippen LogP contribution in [0.2, 0.25) is 0 Å². The van der Waals surface area contributed by atoms with Gasteiger partial charge in [0.2, 0.25) is 11.7 Å². The fraction of sp³-hybridized carbons (Fsp3) is 0.348.